The molecule has 1 amide bonds. The summed E-state index contributed by atoms with van der Waals surface area (Å²) in [6.07, 6.45) is 2.15. The molecule has 0 bridgehead atoms. The van der Waals surface area contributed by atoms with Crippen LogP contribution in [0.25, 0.3) is 10.2 Å². The minimum atomic E-state index is 0.213. The van der Waals surface area contributed by atoms with Crippen molar-refractivity contribution < 1.29 is 9.53 Å². The highest BCUT2D eigenvalue weighted by atomic mass is 32.2. The van der Waals surface area contributed by atoms with Gasteiger partial charge in [0.1, 0.15) is 5.75 Å². The minimum Gasteiger partial charge on any atom is -0.494 e. The average Bonchev–Trinajstić information content (AvgIpc) is 3.18. The van der Waals surface area contributed by atoms with E-state index in [1.807, 2.05) is 42.2 Å². The number of benzene rings is 2. The molecule has 6 heteroatoms. The van der Waals surface area contributed by atoms with Crippen molar-refractivity contribution in [2.24, 2.45) is 0 Å². The lowest BCUT2D eigenvalue weighted by Gasteiger charge is -2.31. The second-order valence-corrected chi connectivity index (χ2v) is 9.00. The number of thioether (sulfide) groups is 1. The smallest absolute Gasteiger partial charge is 0.232 e. The van der Waals surface area contributed by atoms with Crippen molar-refractivity contribution in [2.75, 3.05) is 25.4 Å². The summed E-state index contributed by atoms with van der Waals surface area (Å²) in [5.41, 5.74) is 1.07. The third-order valence-corrected chi connectivity index (χ3v) is 7.13. The lowest BCUT2D eigenvalue weighted by molar-refractivity contribution is -0.129. The van der Waals surface area contributed by atoms with Crippen LogP contribution < -0.4 is 4.74 Å². The summed E-state index contributed by atoms with van der Waals surface area (Å²) in [6, 6.07) is 16.2. The summed E-state index contributed by atoms with van der Waals surface area (Å²) in [7, 11) is 0. The van der Waals surface area contributed by atoms with E-state index < -0.39 is 0 Å². The van der Waals surface area contributed by atoms with Gasteiger partial charge < -0.3 is 9.64 Å². The summed E-state index contributed by atoms with van der Waals surface area (Å²) in [6.45, 7) is 4.27. The second kappa shape index (κ2) is 8.97. The van der Waals surface area contributed by atoms with E-state index >= 15 is 0 Å². The number of nitrogens with zero attached hydrogens (tertiary/aromatic N) is 2. The number of carbonyl (C=O) groups is 1. The van der Waals surface area contributed by atoms with E-state index in [1.165, 1.54) is 4.70 Å². The van der Waals surface area contributed by atoms with Crippen LogP contribution >= 0.6 is 23.1 Å². The molecule has 1 aliphatic heterocycles. The van der Waals surface area contributed by atoms with E-state index in [9.17, 15) is 4.79 Å². The number of likely N-dealkylation sites (tertiary alicyclic amines) is 1. The normalized spacial score (nSPS) is 17.0. The molecule has 146 valence electrons. The largest absolute Gasteiger partial charge is 0.494 e. The van der Waals surface area contributed by atoms with Crippen molar-refractivity contribution in [3.8, 4) is 5.75 Å². The van der Waals surface area contributed by atoms with Crippen molar-refractivity contribution in [2.45, 2.75) is 30.6 Å². The molecular weight excluding hydrogens is 388 g/mol. The Morgan fingerprint density at radius 3 is 2.86 bits per heavy atom. The molecule has 0 radical (unpaired) electrons. The number of fused-ring (bicyclic) bond motifs is 1. The first-order chi connectivity index (χ1) is 13.7. The first-order valence-corrected chi connectivity index (χ1v) is 11.5. The Morgan fingerprint density at radius 2 is 2.07 bits per heavy atom. The standard InChI is InChI=1S/C22H24N2O2S2/c1-2-26-17-9-11-18(12-10-17)27-15-21(25)24-13-5-6-16(14-24)22-23-19-7-3-4-8-20(19)28-22/h3-4,7-12,16H,2,5-6,13-15H2,1H3/t16-/m0/s1. The average molecular weight is 413 g/mol. The van der Waals surface area contributed by atoms with Gasteiger partial charge in [-0.2, -0.15) is 0 Å². The summed E-state index contributed by atoms with van der Waals surface area (Å²) < 4.78 is 6.70. The summed E-state index contributed by atoms with van der Waals surface area (Å²) in [5, 5.41) is 1.16. The Hall–Kier alpha value is -2.05. The molecule has 0 spiro atoms. The van der Waals surface area contributed by atoms with E-state index in [2.05, 4.69) is 18.2 Å². The zero-order chi connectivity index (χ0) is 19.3. The molecule has 1 fully saturated rings. The SMILES string of the molecule is CCOc1ccc(SCC(=O)N2CCC[C@H](c3nc4ccccc4s3)C2)cc1. The van der Waals surface area contributed by atoms with Crippen LogP contribution in [0.15, 0.2) is 53.4 Å². The van der Waals surface area contributed by atoms with Crippen LogP contribution in [0, 0.1) is 0 Å². The van der Waals surface area contributed by atoms with Gasteiger partial charge in [-0.3, -0.25) is 4.79 Å². The van der Waals surface area contributed by atoms with Gasteiger partial charge in [0, 0.05) is 23.9 Å². The van der Waals surface area contributed by atoms with Crippen LogP contribution in [-0.2, 0) is 4.79 Å². The number of amides is 1. The number of rotatable bonds is 6. The first-order valence-electron chi connectivity index (χ1n) is 9.72. The fourth-order valence-electron chi connectivity index (χ4n) is 3.51. The zero-order valence-electron chi connectivity index (χ0n) is 16.0. The van der Waals surface area contributed by atoms with Crippen LogP contribution in [-0.4, -0.2) is 41.2 Å². The van der Waals surface area contributed by atoms with Gasteiger partial charge in [-0.05, 0) is 56.2 Å². The molecule has 0 N–H and O–H groups in total. The lowest BCUT2D eigenvalue weighted by Crippen LogP contribution is -2.40. The monoisotopic (exact) mass is 412 g/mol. The second-order valence-electron chi connectivity index (χ2n) is 6.89. The summed E-state index contributed by atoms with van der Waals surface area (Å²) >= 11 is 3.36. The van der Waals surface area contributed by atoms with Gasteiger partial charge in [-0.25, -0.2) is 4.98 Å². The molecule has 2 aromatic carbocycles. The van der Waals surface area contributed by atoms with Crippen molar-refractivity contribution in [1.82, 2.24) is 9.88 Å². The number of ether oxygens (including phenoxy) is 1. The van der Waals surface area contributed by atoms with Crippen molar-refractivity contribution >= 4 is 39.2 Å². The third-order valence-electron chi connectivity index (χ3n) is 4.93. The predicted octanol–water partition coefficient (Wildman–Crippen LogP) is 5.19. The number of hydrogen-bond acceptors (Lipinski definition) is 5. The van der Waals surface area contributed by atoms with E-state index in [1.54, 1.807) is 23.1 Å². The van der Waals surface area contributed by atoms with E-state index in [-0.39, 0.29) is 5.91 Å². The molecule has 1 aromatic heterocycles. The number of para-hydroxylation sites is 1. The molecule has 2 heterocycles. The van der Waals surface area contributed by atoms with Crippen LogP contribution in [0.5, 0.6) is 5.75 Å². The molecule has 0 unspecified atom stereocenters. The topological polar surface area (TPSA) is 42.4 Å². The van der Waals surface area contributed by atoms with Crippen LogP contribution in [0.4, 0.5) is 0 Å². The maximum Gasteiger partial charge on any atom is 0.232 e. The number of hydrogen-bond donors (Lipinski definition) is 0. The molecule has 0 saturated carbocycles. The number of piperidine rings is 1. The van der Waals surface area contributed by atoms with E-state index in [0.717, 1.165) is 47.1 Å². The quantitative estimate of drug-likeness (QED) is 0.522. The van der Waals surface area contributed by atoms with Crippen LogP contribution in [0.1, 0.15) is 30.7 Å². The number of aromatic nitrogens is 1. The summed E-state index contributed by atoms with van der Waals surface area (Å²) in [4.78, 5) is 20.7. The Morgan fingerprint density at radius 1 is 1.25 bits per heavy atom. The Balaban J connectivity index is 1.35. The Labute approximate surface area is 173 Å². The van der Waals surface area contributed by atoms with Crippen molar-refractivity contribution in [1.29, 1.82) is 0 Å². The predicted molar refractivity (Wildman–Crippen MR) is 117 cm³/mol. The van der Waals surface area contributed by atoms with E-state index in [0.29, 0.717) is 18.3 Å². The molecular formula is C22H24N2O2S2. The van der Waals surface area contributed by atoms with Gasteiger partial charge in [-0.15, -0.1) is 23.1 Å². The molecule has 4 rings (SSSR count). The fourth-order valence-corrected chi connectivity index (χ4v) is 5.40. The molecule has 28 heavy (non-hydrogen) atoms. The molecule has 3 aromatic rings. The van der Waals surface area contributed by atoms with Gasteiger partial charge in [0.05, 0.1) is 27.6 Å². The Bertz CT molecular complexity index is 906. The first kappa shape index (κ1) is 19.3. The number of thiazole rings is 1. The number of carbonyl (C=O) groups excluding carboxylic acids is 1. The lowest BCUT2D eigenvalue weighted by atomic mass is 9.99. The third kappa shape index (κ3) is 4.50. The minimum absolute atomic E-state index is 0.213. The van der Waals surface area contributed by atoms with Crippen LogP contribution in [0.2, 0.25) is 0 Å². The highest BCUT2D eigenvalue weighted by Crippen LogP contribution is 2.33. The molecule has 1 saturated heterocycles. The van der Waals surface area contributed by atoms with Crippen molar-refractivity contribution in [3.63, 3.8) is 0 Å². The van der Waals surface area contributed by atoms with Crippen LogP contribution in [0.3, 0.4) is 0 Å². The van der Waals surface area contributed by atoms with Gasteiger partial charge in [0.25, 0.3) is 0 Å². The fraction of sp³-hybridized carbons (Fsp3) is 0.364. The maximum absolute atomic E-state index is 12.8. The molecule has 1 atom stereocenters. The van der Waals surface area contributed by atoms with Crippen molar-refractivity contribution in [3.05, 3.63) is 53.5 Å². The van der Waals surface area contributed by atoms with E-state index in [4.69, 9.17) is 9.72 Å². The Kier molecular flexibility index (Phi) is 6.17. The molecule has 4 nitrogen and oxygen atoms in total. The zero-order valence-corrected chi connectivity index (χ0v) is 17.6. The molecule has 0 aliphatic carbocycles. The van der Waals surface area contributed by atoms with Gasteiger partial charge in [0.2, 0.25) is 5.91 Å². The molecule has 1 aliphatic rings. The van der Waals surface area contributed by atoms with Gasteiger partial charge >= 0.3 is 0 Å². The van der Waals surface area contributed by atoms with Gasteiger partial charge in [-0.1, -0.05) is 12.1 Å². The highest BCUT2D eigenvalue weighted by molar-refractivity contribution is 8.00. The highest BCUT2D eigenvalue weighted by Gasteiger charge is 2.26. The summed E-state index contributed by atoms with van der Waals surface area (Å²) in [5.74, 6) is 1.91. The van der Waals surface area contributed by atoms with Gasteiger partial charge in [0.15, 0.2) is 0 Å². The maximum atomic E-state index is 12.8.